The van der Waals surface area contributed by atoms with Gasteiger partial charge in [-0.05, 0) is 67.8 Å². The van der Waals surface area contributed by atoms with Crippen LogP contribution in [0.3, 0.4) is 0 Å². The molecule has 10 heteroatoms. The predicted octanol–water partition coefficient (Wildman–Crippen LogP) is 3.11. The lowest BCUT2D eigenvalue weighted by molar-refractivity contribution is -0.139. The van der Waals surface area contributed by atoms with Crippen molar-refractivity contribution >= 4 is 29.2 Å². The van der Waals surface area contributed by atoms with E-state index in [9.17, 15) is 24.6 Å². The molecule has 1 unspecified atom stereocenters. The van der Waals surface area contributed by atoms with Crippen molar-refractivity contribution in [1.82, 2.24) is 9.78 Å². The average Bonchev–Trinajstić information content (AvgIpc) is 3.30. The summed E-state index contributed by atoms with van der Waals surface area (Å²) in [6, 6.07) is 14.3. The molecule has 2 amide bonds. The Kier molecular flexibility index (Phi) is 6.66. The average molecular weight is 505 g/mol. The van der Waals surface area contributed by atoms with Crippen molar-refractivity contribution in [2.45, 2.75) is 38.2 Å². The Labute approximate surface area is 213 Å². The summed E-state index contributed by atoms with van der Waals surface area (Å²) < 4.78 is 6.69. The zero-order valence-corrected chi connectivity index (χ0v) is 20.5. The number of carbonyl (C=O) groups is 3. The number of piperidine rings is 1. The van der Waals surface area contributed by atoms with E-state index in [1.54, 1.807) is 41.2 Å². The highest BCUT2D eigenvalue weighted by atomic mass is 16.5. The first-order valence-electron chi connectivity index (χ1n) is 12.3. The molecule has 0 aliphatic carbocycles. The van der Waals surface area contributed by atoms with Crippen LogP contribution in [0.2, 0.25) is 0 Å². The van der Waals surface area contributed by atoms with E-state index < -0.39 is 18.5 Å². The first-order valence-corrected chi connectivity index (χ1v) is 12.3. The highest BCUT2D eigenvalue weighted by Crippen LogP contribution is 2.33. The predicted molar refractivity (Wildman–Crippen MR) is 135 cm³/mol. The number of aliphatic carboxylic acids is 1. The molecule has 10 nitrogen and oxygen atoms in total. The molecule has 3 aromatic rings. The Bertz CT molecular complexity index is 1330. The number of methoxy groups -OCH3 is 1. The molecule has 0 saturated carbocycles. The van der Waals surface area contributed by atoms with Gasteiger partial charge in [-0.15, -0.1) is 0 Å². The largest absolute Gasteiger partial charge is 0.497 e. The third kappa shape index (κ3) is 4.67. The quantitative estimate of drug-likeness (QED) is 0.506. The van der Waals surface area contributed by atoms with Crippen LogP contribution < -0.4 is 14.5 Å². The molecule has 0 radical (unpaired) electrons. The number of carboxylic acids is 1. The maximum Gasteiger partial charge on any atom is 0.306 e. The van der Waals surface area contributed by atoms with Crippen LogP contribution in [0, 0.1) is 0 Å². The van der Waals surface area contributed by atoms with Crippen molar-refractivity contribution in [3.05, 3.63) is 65.5 Å². The standard InChI is InChI=1S/C27H28N4O6/c1-37-20-11-9-19(10-12-20)31-26-21(25(28-31)22(32)16-24(34)35)13-15-30(27(26)36)18-7-5-17(6-8-18)29-14-3-2-4-23(29)33/h5-12,22,32H,2-4,13-16H2,1H3,(H,34,35). The Hall–Kier alpha value is -4.18. The maximum absolute atomic E-state index is 13.8. The van der Waals surface area contributed by atoms with Crippen molar-refractivity contribution in [3.63, 3.8) is 0 Å². The van der Waals surface area contributed by atoms with Gasteiger partial charge in [-0.3, -0.25) is 14.4 Å². The van der Waals surface area contributed by atoms with Crippen molar-refractivity contribution in [2.24, 2.45) is 0 Å². The summed E-state index contributed by atoms with van der Waals surface area (Å²) >= 11 is 0. The number of rotatable bonds is 7. The van der Waals surface area contributed by atoms with Crippen molar-refractivity contribution < 1.29 is 29.3 Å². The number of benzene rings is 2. The summed E-state index contributed by atoms with van der Waals surface area (Å²) in [4.78, 5) is 40.8. The van der Waals surface area contributed by atoms with Gasteiger partial charge in [0.2, 0.25) is 5.91 Å². The van der Waals surface area contributed by atoms with Gasteiger partial charge in [-0.1, -0.05) is 0 Å². The molecule has 2 aromatic carbocycles. The Balaban J connectivity index is 1.50. The molecule has 1 aromatic heterocycles. The van der Waals surface area contributed by atoms with Crippen LogP contribution in [0.5, 0.6) is 5.75 Å². The zero-order chi connectivity index (χ0) is 26.1. The van der Waals surface area contributed by atoms with Gasteiger partial charge in [-0.25, -0.2) is 4.68 Å². The number of anilines is 2. The summed E-state index contributed by atoms with van der Waals surface area (Å²) in [6.45, 7) is 1.03. The third-order valence-electron chi connectivity index (χ3n) is 6.84. The summed E-state index contributed by atoms with van der Waals surface area (Å²) in [5.74, 6) is -0.721. The van der Waals surface area contributed by atoms with E-state index in [1.807, 2.05) is 24.3 Å². The number of ether oxygens (including phenoxy) is 1. The lowest BCUT2D eigenvalue weighted by Gasteiger charge is -2.30. The molecular weight excluding hydrogens is 476 g/mol. The molecule has 1 saturated heterocycles. The van der Waals surface area contributed by atoms with E-state index in [0.717, 1.165) is 18.5 Å². The third-order valence-corrected chi connectivity index (χ3v) is 6.84. The fourth-order valence-electron chi connectivity index (χ4n) is 4.96. The van der Waals surface area contributed by atoms with Gasteiger partial charge in [0.1, 0.15) is 17.5 Å². The molecule has 2 aliphatic rings. The van der Waals surface area contributed by atoms with Crippen LogP contribution in [-0.2, 0) is 16.0 Å². The smallest absolute Gasteiger partial charge is 0.306 e. The summed E-state index contributed by atoms with van der Waals surface area (Å²) in [6.07, 6.45) is 0.957. The number of carboxylic acid groups (broad SMARTS) is 1. The highest BCUT2D eigenvalue weighted by molar-refractivity contribution is 6.08. The number of amides is 2. The molecule has 3 heterocycles. The minimum atomic E-state index is -1.34. The second kappa shape index (κ2) is 10.1. The number of aromatic nitrogens is 2. The molecule has 1 fully saturated rings. The lowest BCUT2D eigenvalue weighted by atomic mass is 9.99. The van der Waals surface area contributed by atoms with Gasteiger partial charge >= 0.3 is 5.97 Å². The van der Waals surface area contributed by atoms with Gasteiger partial charge in [0, 0.05) is 36.4 Å². The van der Waals surface area contributed by atoms with Gasteiger partial charge in [0.05, 0.1) is 24.9 Å². The fourth-order valence-corrected chi connectivity index (χ4v) is 4.96. The number of hydrogen-bond acceptors (Lipinski definition) is 6. The summed E-state index contributed by atoms with van der Waals surface area (Å²) in [7, 11) is 1.55. The summed E-state index contributed by atoms with van der Waals surface area (Å²) in [5, 5.41) is 24.3. The Morgan fingerprint density at radius 1 is 0.946 bits per heavy atom. The van der Waals surface area contributed by atoms with Crippen LogP contribution in [0.25, 0.3) is 5.69 Å². The van der Waals surface area contributed by atoms with Crippen LogP contribution in [-0.4, -0.2) is 58.0 Å². The highest BCUT2D eigenvalue weighted by Gasteiger charge is 2.35. The molecule has 192 valence electrons. The van der Waals surface area contributed by atoms with E-state index in [1.165, 1.54) is 4.68 Å². The number of carbonyl (C=O) groups excluding carboxylic acids is 2. The number of aliphatic hydroxyl groups excluding tert-OH is 1. The van der Waals surface area contributed by atoms with Gasteiger partial charge in [0.15, 0.2) is 0 Å². The van der Waals surface area contributed by atoms with E-state index in [-0.39, 0.29) is 23.2 Å². The van der Waals surface area contributed by atoms with E-state index in [0.29, 0.717) is 48.6 Å². The molecule has 37 heavy (non-hydrogen) atoms. The van der Waals surface area contributed by atoms with Crippen LogP contribution >= 0.6 is 0 Å². The van der Waals surface area contributed by atoms with Crippen LogP contribution in [0.1, 0.15) is 53.5 Å². The van der Waals surface area contributed by atoms with Gasteiger partial charge < -0.3 is 24.7 Å². The topological polar surface area (TPSA) is 125 Å². The molecular formula is C27H28N4O6. The molecule has 1 atom stereocenters. The lowest BCUT2D eigenvalue weighted by Crippen LogP contribution is -2.39. The van der Waals surface area contributed by atoms with Gasteiger partial charge in [-0.2, -0.15) is 5.10 Å². The zero-order valence-electron chi connectivity index (χ0n) is 20.5. The number of nitrogens with zero attached hydrogens (tertiary/aromatic N) is 4. The van der Waals surface area contributed by atoms with E-state index >= 15 is 0 Å². The normalized spacial score (nSPS) is 16.5. The minimum absolute atomic E-state index is 0.105. The maximum atomic E-state index is 13.8. The van der Waals surface area contributed by atoms with E-state index in [4.69, 9.17) is 4.74 Å². The van der Waals surface area contributed by atoms with E-state index in [2.05, 4.69) is 5.10 Å². The molecule has 2 aliphatic heterocycles. The van der Waals surface area contributed by atoms with Gasteiger partial charge in [0.25, 0.3) is 5.91 Å². The van der Waals surface area contributed by atoms with Crippen molar-refractivity contribution in [1.29, 1.82) is 0 Å². The molecule has 2 N–H and O–H groups in total. The molecule has 0 bridgehead atoms. The number of fused-ring (bicyclic) bond motifs is 1. The second-order valence-corrected chi connectivity index (χ2v) is 9.16. The molecule has 5 rings (SSSR count). The SMILES string of the molecule is COc1ccc(-n2nc(C(O)CC(=O)O)c3c2C(=O)N(c2ccc(N4CCCCC4=O)cc2)CC3)cc1. The molecule has 0 spiro atoms. The Morgan fingerprint density at radius 2 is 1.59 bits per heavy atom. The number of aliphatic hydroxyl groups is 1. The van der Waals surface area contributed by atoms with Crippen LogP contribution in [0.15, 0.2) is 48.5 Å². The minimum Gasteiger partial charge on any atom is -0.497 e. The second-order valence-electron chi connectivity index (χ2n) is 9.16. The van der Waals surface area contributed by atoms with Crippen LogP contribution in [0.4, 0.5) is 11.4 Å². The van der Waals surface area contributed by atoms with Crippen molar-refractivity contribution in [3.8, 4) is 11.4 Å². The summed E-state index contributed by atoms with van der Waals surface area (Å²) in [5.41, 5.74) is 3.09. The first-order chi connectivity index (χ1) is 17.9. The Morgan fingerprint density at radius 3 is 2.22 bits per heavy atom. The number of hydrogen-bond donors (Lipinski definition) is 2. The fraction of sp³-hybridized carbons (Fsp3) is 0.333. The van der Waals surface area contributed by atoms with Crippen molar-refractivity contribution in [2.75, 3.05) is 30.0 Å². The monoisotopic (exact) mass is 504 g/mol. The first kappa shape index (κ1) is 24.5.